The molecule has 0 aromatic heterocycles. The van der Waals surface area contributed by atoms with Gasteiger partial charge in [0.15, 0.2) is 0 Å². The van der Waals surface area contributed by atoms with Gasteiger partial charge in [0.25, 0.3) is 0 Å². The van der Waals surface area contributed by atoms with Crippen molar-refractivity contribution in [2.24, 2.45) is 5.92 Å². The second-order valence-corrected chi connectivity index (χ2v) is 5.51. The Morgan fingerprint density at radius 1 is 1.08 bits per heavy atom. The van der Waals surface area contributed by atoms with Crippen LogP contribution in [0.5, 0.6) is 0 Å². The molecule has 24 heavy (non-hydrogen) atoms. The van der Waals surface area contributed by atoms with Crippen LogP contribution < -0.4 is 5.32 Å². The molecule has 1 aliphatic heterocycles. The standard InChI is InChI=1S/C18H15NO5/c20-15-10-14(16(24-15)11-5-2-1-3-6-11)17(21)19-13-8-4-7-12(9-13)18(22)23/h1-9,14,16H,10H2,(H,19,21)(H,22,23)/t14-,16-/m0/s1. The van der Waals surface area contributed by atoms with Crippen molar-refractivity contribution in [2.45, 2.75) is 12.5 Å². The molecule has 2 atom stereocenters. The average Bonchev–Trinajstić information content (AvgIpc) is 2.98. The Labute approximate surface area is 138 Å². The van der Waals surface area contributed by atoms with Crippen LogP contribution in [0, 0.1) is 5.92 Å². The molecule has 0 saturated carbocycles. The fraction of sp³-hybridized carbons (Fsp3) is 0.167. The lowest BCUT2D eigenvalue weighted by atomic mass is 9.94. The van der Waals surface area contributed by atoms with Gasteiger partial charge >= 0.3 is 11.9 Å². The molecule has 1 saturated heterocycles. The monoisotopic (exact) mass is 325 g/mol. The van der Waals surface area contributed by atoms with Crippen molar-refractivity contribution in [1.82, 2.24) is 0 Å². The molecule has 0 spiro atoms. The van der Waals surface area contributed by atoms with Gasteiger partial charge in [-0.2, -0.15) is 0 Å². The van der Waals surface area contributed by atoms with Gasteiger partial charge < -0.3 is 15.2 Å². The summed E-state index contributed by atoms with van der Waals surface area (Å²) in [7, 11) is 0. The maximum atomic E-state index is 12.5. The molecule has 0 bridgehead atoms. The Morgan fingerprint density at radius 2 is 1.83 bits per heavy atom. The number of carboxylic acid groups (broad SMARTS) is 1. The number of carbonyl (C=O) groups excluding carboxylic acids is 2. The molecule has 0 unspecified atom stereocenters. The lowest BCUT2D eigenvalue weighted by molar-refractivity contribution is -0.141. The van der Waals surface area contributed by atoms with E-state index in [4.69, 9.17) is 9.84 Å². The number of anilines is 1. The zero-order chi connectivity index (χ0) is 17.1. The molecule has 1 fully saturated rings. The van der Waals surface area contributed by atoms with Crippen LogP contribution >= 0.6 is 0 Å². The summed E-state index contributed by atoms with van der Waals surface area (Å²) in [5.41, 5.74) is 1.19. The molecule has 6 heteroatoms. The number of amides is 1. The number of carbonyl (C=O) groups is 3. The molecule has 0 aliphatic carbocycles. The zero-order valence-corrected chi connectivity index (χ0v) is 12.6. The first-order valence-electron chi connectivity index (χ1n) is 7.43. The molecular weight excluding hydrogens is 310 g/mol. The minimum Gasteiger partial charge on any atom is -0.478 e. The maximum absolute atomic E-state index is 12.5. The summed E-state index contributed by atoms with van der Waals surface area (Å²) < 4.78 is 5.29. The maximum Gasteiger partial charge on any atom is 0.335 e. The van der Waals surface area contributed by atoms with E-state index >= 15 is 0 Å². The number of carboxylic acids is 1. The van der Waals surface area contributed by atoms with E-state index in [2.05, 4.69) is 5.32 Å². The third-order valence-corrected chi connectivity index (χ3v) is 3.85. The Balaban J connectivity index is 1.79. The number of nitrogens with one attached hydrogen (secondary N) is 1. The second kappa shape index (κ2) is 6.54. The van der Waals surface area contributed by atoms with E-state index in [1.807, 2.05) is 18.2 Å². The van der Waals surface area contributed by atoms with Gasteiger partial charge in [0.05, 0.1) is 17.9 Å². The molecule has 1 amide bonds. The van der Waals surface area contributed by atoms with E-state index in [1.54, 1.807) is 24.3 Å². The Morgan fingerprint density at radius 3 is 2.54 bits per heavy atom. The zero-order valence-electron chi connectivity index (χ0n) is 12.6. The van der Waals surface area contributed by atoms with Crippen LogP contribution in [-0.2, 0) is 14.3 Å². The van der Waals surface area contributed by atoms with Gasteiger partial charge in [0.2, 0.25) is 5.91 Å². The quantitative estimate of drug-likeness (QED) is 0.843. The third-order valence-electron chi connectivity index (χ3n) is 3.85. The van der Waals surface area contributed by atoms with Gasteiger partial charge in [0.1, 0.15) is 6.10 Å². The van der Waals surface area contributed by atoms with Crippen molar-refractivity contribution in [1.29, 1.82) is 0 Å². The summed E-state index contributed by atoms with van der Waals surface area (Å²) in [5, 5.41) is 11.7. The number of aromatic carboxylic acids is 1. The van der Waals surface area contributed by atoms with Gasteiger partial charge in [0, 0.05) is 5.69 Å². The first-order valence-corrected chi connectivity index (χ1v) is 7.43. The molecule has 0 radical (unpaired) electrons. The number of benzene rings is 2. The van der Waals surface area contributed by atoms with E-state index in [0.717, 1.165) is 5.56 Å². The van der Waals surface area contributed by atoms with E-state index in [1.165, 1.54) is 12.1 Å². The molecule has 122 valence electrons. The second-order valence-electron chi connectivity index (χ2n) is 5.51. The first kappa shape index (κ1) is 15.7. The number of rotatable bonds is 4. The first-order chi connectivity index (χ1) is 11.5. The number of esters is 1. The van der Waals surface area contributed by atoms with Crippen molar-refractivity contribution in [3.63, 3.8) is 0 Å². The summed E-state index contributed by atoms with van der Waals surface area (Å²) in [4.78, 5) is 35.2. The fourth-order valence-electron chi connectivity index (χ4n) is 2.70. The average molecular weight is 325 g/mol. The summed E-state index contributed by atoms with van der Waals surface area (Å²) in [6, 6.07) is 15.0. The van der Waals surface area contributed by atoms with Crippen LogP contribution in [0.25, 0.3) is 0 Å². The number of ether oxygens (including phenoxy) is 1. The van der Waals surface area contributed by atoms with Crippen molar-refractivity contribution in [2.75, 3.05) is 5.32 Å². The van der Waals surface area contributed by atoms with Crippen LogP contribution in [-0.4, -0.2) is 23.0 Å². The normalized spacial score (nSPS) is 19.6. The topological polar surface area (TPSA) is 92.7 Å². The van der Waals surface area contributed by atoms with Gasteiger partial charge in [-0.25, -0.2) is 4.79 Å². The molecule has 1 aliphatic rings. The summed E-state index contributed by atoms with van der Waals surface area (Å²) >= 11 is 0. The van der Waals surface area contributed by atoms with Gasteiger partial charge in [-0.1, -0.05) is 36.4 Å². The Hall–Kier alpha value is -3.15. The van der Waals surface area contributed by atoms with Gasteiger partial charge in [-0.3, -0.25) is 9.59 Å². The molecule has 2 aromatic carbocycles. The van der Waals surface area contributed by atoms with Crippen LogP contribution in [0.1, 0.15) is 28.4 Å². The van der Waals surface area contributed by atoms with Gasteiger partial charge in [-0.05, 0) is 23.8 Å². The van der Waals surface area contributed by atoms with E-state index < -0.39 is 24.0 Å². The third kappa shape index (κ3) is 3.27. The largest absolute Gasteiger partial charge is 0.478 e. The fourth-order valence-corrected chi connectivity index (χ4v) is 2.70. The highest BCUT2D eigenvalue weighted by molar-refractivity contribution is 5.97. The number of cyclic esters (lactones) is 1. The molecule has 2 N–H and O–H groups in total. The van der Waals surface area contributed by atoms with E-state index in [0.29, 0.717) is 5.69 Å². The minimum absolute atomic E-state index is 0.00991. The summed E-state index contributed by atoms with van der Waals surface area (Å²) in [5.74, 6) is -2.54. The Bertz CT molecular complexity index is 787. The van der Waals surface area contributed by atoms with Crippen molar-refractivity contribution >= 4 is 23.5 Å². The van der Waals surface area contributed by atoms with Crippen LogP contribution in [0.2, 0.25) is 0 Å². The number of hydrogen-bond acceptors (Lipinski definition) is 4. The lowest BCUT2D eigenvalue weighted by Gasteiger charge is -2.17. The summed E-state index contributed by atoms with van der Waals surface area (Å²) in [6.45, 7) is 0. The predicted octanol–water partition coefficient (Wildman–Crippen LogP) is 2.63. The smallest absolute Gasteiger partial charge is 0.335 e. The molecule has 1 heterocycles. The van der Waals surface area contributed by atoms with E-state index in [9.17, 15) is 14.4 Å². The van der Waals surface area contributed by atoms with E-state index in [-0.39, 0.29) is 17.9 Å². The minimum atomic E-state index is -1.08. The highest BCUT2D eigenvalue weighted by Crippen LogP contribution is 2.36. The lowest BCUT2D eigenvalue weighted by Crippen LogP contribution is -2.25. The highest BCUT2D eigenvalue weighted by atomic mass is 16.6. The number of hydrogen-bond donors (Lipinski definition) is 2. The molecule has 2 aromatic rings. The predicted molar refractivity (Wildman–Crippen MR) is 85.4 cm³/mol. The van der Waals surface area contributed by atoms with Crippen LogP contribution in [0.15, 0.2) is 54.6 Å². The molecule has 6 nitrogen and oxygen atoms in total. The van der Waals surface area contributed by atoms with Gasteiger partial charge in [-0.15, -0.1) is 0 Å². The molecular formula is C18H15NO5. The van der Waals surface area contributed by atoms with Crippen molar-refractivity contribution in [3.05, 3.63) is 65.7 Å². The van der Waals surface area contributed by atoms with Crippen LogP contribution in [0.3, 0.4) is 0 Å². The van der Waals surface area contributed by atoms with Crippen molar-refractivity contribution in [3.8, 4) is 0 Å². The summed E-state index contributed by atoms with van der Waals surface area (Å²) in [6.07, 6.45) is -0.648. The Kier molecular flexibility index (Phi) is 4.29. The van der Waals surface area contributed by atoms with Crippen molar-refractivity contribution < 1.29 is 24.2 Å². The SMILES string of the molecule is O=C1C[C@H](C(=O)Nc2cccc(C(=O)O)c2)[C@H](c2ccccc2)O1. The highest BCUT2D eigenvalue weighted by Gasteiger charge is 2.40. The van der Waals surface area contributed by atoms with Crippen LogP contribution in [0.4, 0.5) is 5.69 Å². The molecule has 3 rings (SSSR count).